The van der Waals surface area contributed by atoms with E-state index in [1.54, 1.807) is 19.0 Å². The largest absolute Gasteiger partial charge is 0.267 e. The van der Waals surface area contributed by atoms with Crippen LogP contribution in [-0.4, -0.2) is 44.0 Å². The minimum absolute atomic E-state index is 0.0729. The van der Waals surface area contributed by atoms with Crippen molar-refractivity contribution in [1.29, 1.82) is 0 Å². The molecule has 0 aromatic rings. The monoisotopic (exact) mass is 159 g/mol. The minimum Gasteiger partial charge on any atom is -0.267 e. The number of quaternary nitrogens is 1. The van der Waals surface area contributed by atoms with Crippen molar-refractivity contribution in [2.24, 2.45) is 11.0 Å². The average Bonchev–Trinajstić information content (AvgIpc) is 1.86. The summed E-state index contributed by atoms with van der Waals surface area (Å²) in [7, 11) is 7.14. The SMILES string of the molecule is CN(C)[C@H](N)[N+](C)(C)N=[N+]=[N-]. The van der Waals surface area contributed by atoms with Crippen LogP contribution in [0.25, 0.3) is 10.4 Å². The van der Waals surface area contributed by atoms with E-state index in [1.807, 2.05) is 14.1 Å². The second kappa shape index (κ2) is 3.54. The second-order valence-electron chi connectivity index (χ2n) is 3.04. The van der Waals surface area contributed by atoms with E-state index in [1.165, 1.54) is 0 Å². The van der Waals surface area contributed by atoms with E-state index in [-0.39, 0.29) is 10.9 Å². The first-order chi connectivity index (χ1) is 4.91. The van der Waals surface area contributed by atoms with Crippen LogP contribution >= 0.6 is 0 Å². The molecule has 0 fully saturated rings. The van der Waals surface area contributed by atoms with Crippen molar-refractivity contribution >= 4 is 0 Å². The van der Waals surface area contributed by atoms with E-state index in [4.69, 9.17) is 11.3 Å². The number of nitrogens with zero attached hydrogens (tertiary/aromatic N) is 5. The van der Waals surface area contributed by atoms with Crippen molar-refractivity contribution < 1.29 is 4.59 Å². The Labute approximate surface area is 66.4 Å². The Morgan fingerprint density at radius 2 is 2.00 bits per heavy atom. The van der Waals surface area contributed by atoms with Gasteiger partial charge < -0.3 is 0 Å². The lowest BCUT2D eigenvalue weighted by molar-refractivity contribution is -0.934. The van der Waals surface area contributed by atoms with E-state index in [9.17, 15) is 0 Å². The van der Waals surface area contributed by atoms with E-state index < -0.39 is 0 Å². The Balaban J connectivity index is 4.40. The molecule has 0 aromatic heterocycles. The van der Waals surface area contributed by atoms with Gasteiger partial charge in [-0.2, -0.15) is 4.59 Å². The maximum atomic E-state index is 8.20. The molecule has 0 heterocycles. The highest BCUT2D eigenvalue weighted by molar-refractivity contribution is 4.42. The van der Waals surface area contributed by atoms with E-state index >= 15 is 0 Å². The fourth-order valence-electron chi connectivity index (χ4n) is 0.721. The molecule has 11 heavy (non-hydrogen) atoms. The third-order valence-electron chi connectivity index (χ3n) is 1.45. The third kappa shape index (κ3) is 2.73. The molecule has 0 aliphatic heterocycles. The van der Waals surface area contributed by atoms with Crippen LogP contribution in [0.2, 0.25) is 0 Å². The van der Waals surface area contributed by atoms with Crippen LogP contribution in [0.15, 0.2) is 5.22 Å². The molecule has 0 spiro atoms. The summed E-state index contributed by atoms with van der Waals surface area (Å²) in [4.78, 5) is 4.49. The molecule has 0 aliphatic carbocycles. The predicted octanol–water partition coefficient (Wildman–Crippen LogP) is 0.0920. The second-order valence-corrected chi connectivity index (χ2v) is 3.04. The molecular formula is C5H15N6+. The molecule has 0 rings (SSSR count). The van der Waals surface area contributed by atoms with Gasteiger partial charge in [-0.1, -0.05) is 0 Å². The molecular weight excluding hydrogens is 144 g/mol. The number of azide groups is 1. The summed E-state index contributed by atoms with van der Waals surface area (Å²) in [6.45, 7) is 0. The van der Waals surface area contributed by atoms with E-state index in [0.29, 0.717) is 0 Å². The van der Waals surface area contributed by atoms with Gasteiger partial charge in [0.05, 0.1) is 19.0 Å². The van der Waals surface area contributed by atoms with Gasteiger partial charge in [0.1, 0.15) is 5.22 Å². The lowest BCUT2D eigenvalue weighted by Crippen LogP contribution is -2.57. The van der Waals surface area contributed by atoms with Gasteiger partial charge in [-0.15, -0.1) is 0 Å². The van der Waals surface area contributed by atoms with Gasteiger partial charge in [0.15, 0.2) is 0 Å². The molecule has 64 valence electrons. The Morgan fingerprint density at radius 3 is 2.27 bits per heavy atom. The van der Waals surface area contributed by atoms with E-state index in [2.05, 4.69) is 10.1 Å². The van der Waals surface area contributed by atoms with Crippen molar-refractivity contribution in [2.45, 2.75) is 6.29 Å². The van der Waals surface area contributed by atoms with E-state index in [0.717, 1.165) is 0 Å². The van der Waals surface area contributed by atoms with Crippen molar-refractivity contribution in [3.8, 4) is 0 Å². The standard InChI is InChI=1S/C5H15N6/c1-10(2)5(6)11(3,4)9-8-7/h5H,6H2,1-4H3/q+1/t5-/m0/s1. The lowest BCUT2D eigenvalue weighted by atomic mass is 10.6. The van der Waals surface area contributed by atoms with Crippen LogP contribution in [0.5, 0.6) is 0 Å². The van der Waals surface area contributed by atoms with Gasteiger partial charge in [-0.25, -0.2) is 4.90 Å². The molecule has 0 saturated heterocycles. The van der Waals surface area contributed by atoms with Gasteiger partial charge in [-0.05, 0) is 14.1 Å². The summed E-state index contributed by atoms with van der Waals surface area (Å²) in [6.07, 6.45) is -0.314. The van der Waals surface area contributed by atoms with Crippen molar-refractivity contribution in [1.82, 2.24) is 4.90 Å². The Kier molecular flexibility index (Phi) is 3.28. The molecule has 0 unspecified atom stereocenters. The van der Waals surface area contributed by atoms with Crippen LogP contribution < -0.4 is 5.73 Å². The smallest absolute Gasteiger partial charge is 0.213 e. The quantitative estimate of drug-likeness (QED) is 0.158. The topological polar surface area (TPSA) is 78.0 Å². The number of hydrogen-bond donors (Lipinski definition) is 1. The number of nitrogens with two attached hydrogens (primary N) is 1. The zero-order chi connectivity index (χ0) is 9.07. The van der Waals surface area contributed by atoms with Crippen LogP contribution in [0.3, 0.4) is 0 Å². The molecule has 0 aromatic carbocycles. The fourth-order valence-corrected chi connectivity index (χ4v) is 0.721. The molecule has 6 nitrogen and oxygen atoms in total. The van der Waals surface area contributed by atoms with Gasteiger partial charge in [0.2, 0.25) is 6.29 Å². The van der Waals surface area contributed by atoms with Gasteiger partial charge in [0, 0.05) is 5.53 Å². The third-order valence-corrected chi connectivity index (χ3v) is 1.45. The van der Waals surface area contributed by atoms with Crippen LogP contribution in [0.1, 0.15) is 0 Å². The Bertz CT molecular complexity index is 168. The minimum atomic E-state index is -0.314. The predicted molar refractivity (Wildman–Crippen MR) is 42.9 cm³/mol. The van der Waals surface area contributed by atoms with Gasteiger partial charge >= 0.3 is 0 Å². The molecule has 0 saturated carbocycles. The molecule has 2 N–H and O–H groups in total. The summed E-state index contributed by atoms with van der Waals surface area (Å²) in [5, 5.41) is 3.53. The Morgan fingerprint density at radius 1 is 1.55 bits per heavy atom. The van der Waals surface area contributed by atoms with Crippen molar-refractivity contribution in [2.75, 3.05) is 28.2 Å². The first-order valence-corrected chi connectivity index (χ1v) is 3.24. The fraction of sp³-hybridized carbons (Fsp3) is 1.00. The maximum Gasteiger partial charge on any atom is 0.213 e. The molecule has 6 heteroatoms. The molecule has 1 atom stereocenters. The molecule has 0 amide bonds. The summed E-state index contributed by atoms with van der Waals surface area (Å²) in [5.74, 6) is 0. The first kappa shape index (κ1) is 10.2. The van der Waals surface area contributed by atoms with Crippen molar-refractivity contribution in [3.63, 3.8) is 0 Å². The zero-order valence-electron chi connectivity index (χ0n) is 7.39. The van der Waals surface area contributed by atoms with Crippen LogP contribution in [0.4, 0.5) is 0 Å². The van der Waals surface area contributed by atoms with Crippen LogP contribution in [0, 0.1) is 0 Å². The van der Waals surface area contributed by atoms with Crippen molar-refractivity contribution in [3.05, 3.63) is 10.4 Å². The summed E-state index contributed by atoms with van der Waals surface area (Å²) < 4.78 is 0.0729. The highest BCUT2D eigenvalue weighted by atomic mass is 15.7. The van der Waals surface area contributed by atoms with Gasteiger partial charge in [-0.3, -0.25) is 5.73 Å². The zero-order valence-corrected chi connectivity index (χ0v) is 7.39. The maximum absolute atomic E-state index is 8.20. The first-order valence-electron chi connectivity index (χ1n) is 3.24. The highest BCUT2D eigenvalue weighted by Crippen LogP contribution is 2.04. The highest BCUT2D eigenvalue weighted by Gasteiger charge is 2.25. The summed E-state index contributed by atoms with van der Waals surface area (Å²) in [6, 6.07) is 0. The normalized spacial score (nSPS) is 14.4. The summed E-state index contributed by atoms with van der Waals surface area (Å²) >= 11 is 0. The average molecular weight is 159 g/mol. The summed E-state index contributed by atoms with van der Waals surface area (Å²) in [5.41, 5.74) is 13.9. The Hall–Kier alpha value is -0.810. The molecule has 0 bridgehead atoms. The van der Waals surface area contributed by atoms with Gasteiger partial charge in [0.25, 0.3) is 0 Å². The molecule has 0 radical (unpaired) electrons. The van der Waals surface area contributed by atoms with Crippen LogP contribution in [-0.2, 0) is 0 Å². The lowest BCUT2D eigenvalue weighted by Gasteiger charge is -2.31. The number of hydrogen-bond acceptors (Lipinski definition) is 3. The molecule has 0 aliphatic rings. The number of rotatable bonds is 3.